The fourth-order valence-corrected chi connectivity index (χ4v) is 3.98. The Hall–Kier alpha value is -0.120. The van der Waals surface area contributed by atoms with E-state index in [4.69, 9.17) is 0 Å². The summed E-state index contributed by atoms with van der Waals surface area (Å²) in [7, 11) is 2.10. The van der Waals surface area contributed by atoms with E-state index < -0.39 is 0 Å². The highest BCUT2D eigenvalue weighted by atomic mass is 16.3. The maximum atomic E-state index is 9.38. The van der Waals surface area contributed by atoms with E-state index in [2.05, 4.69) is 31.1 Å². The van der Waals surface area contributed by atoms with Crippen LogP contribution in [0.25, 0.3) is 0 Å². The van der Waals surface area contributed by atoms with Crippen molar-refractivity contribution in [3.05, 3.63) is 0 Å². The van der Waals surface area contributed by atoms with Gasteiger partial charge in [-0.15, -0.1) is 0 Å². The maximum absolute atomic E-state index is 9.38. The molecule has 3 unspecified atom stereocenters. The molecule has 3 heteroatoms. The van der Waals surface area contributed by atoms with E-state index in [1.165, 1.54) is 38.8 Å². The van der Waals surface area contributed by atoms with Crippen molar-refractivity contribution in [2.45, 2.75) is 51.6 Å². The van der Waals surface area contributed by atoms with E-state index in [0.717, 1.165) is 5.92 Å². The van der Waals surface area contributed by atoms with Crippen LogP contribution in [-0.2, 0) is 0 Å². The number of aliphatic hydroxyl groups is 1. The fourth-order valence-electron chi connectivity index (χ4n) is 3.98. The average Bonchev–Trinajstić information content (AvgIpc) is 2.83. The van der Waals surface area contributed by atoms with Crippen molar-refractivity contribution >= 4 is 0 Å². The molecule has 3 atom stereocenters. The smallest absolute Gasteiger partial charge is 0.0586 e. The van der Waals surface area contributed by atoms with Crippen molar-refractivity contribution in [2.75, 3.05) is 26.7 Å². The quantitative estimate of drug-likeness (QED) is 0.781. The molecule has 17 heavy (non-hydrogen) atoms. The molecule has 2 aliphatic rings. The van der Waals surface area contributed by atoms with Crippen molar-refractivity contribution in [3.8, 4) is 0 Å². The zero-order valence-electron chi connectivity index (χ0n) is 11.6. The first-order chi connectivity index (χ1) is 8.08. The molecule has 0 aromatic rings. The van der Waals surface area contributed by atoms with Crippen LogP contribution in [0.3, 0.4) is 0 Å². The number of nitrogens with zero attached hydrogens (tertiary/aromatic N) is 1. The van der Waals surface area contributed by atoms with Gasteiger partial charge < -0.3 is 10.4 Å². The zero-order valence-corrected chi connectivity index (χ0v) is 11.6. The number of hydrogen-bond donors (Lipinski definition) is 2. The average molecular weight is 240 g/mol. The lowest BCUT2D eigenvalue weighted by Gasteiger charge is -2.33. The van der Waals surface area contributed by atoms with Gasteiger partial charge >= 0.3 is 0 Å². The molecule has 2 N–H and O–H groups in total. The predicted molar refractivity (Wildman–Crippen MR) is 71.0 cm³/mol. The second kappa shape index (κ2) is 5.25. The molecule has 2 rings (SSSR count). The van der Waals surface area contributed by atoms with Gasteiger partial charge in [-0.3, -0.25) is 4.90 Å². The van der Waals surface area contributed by atoms with Crippen molar-refractivity contribution in [2.24, 2.45) is 11.3 Å². The molecule has 1 heterocycles. The summed E-state index contributed by atoms with van der Waals surface area (Å²) in [6.45, 7) is 7.43. The number of nitrogens with one attached hydrogen (secondary N) is 1. The SMILES string of the molecule is CNC1C(CN2CCCC2CO)CCC1(C)C. The Morgan fingerprint density at radius 2 is 2.12 bits per heavy atom. The van der Waals surface area contributed by atoms with Gasteiger partial charge in [-0.2, -0.15) is 0 Å². The van der Waals surface area contributed by atoms with Gasteiger partial charge in [-0.25, -0.2) is 0 Å². The Kier molecular flexibility index (Phi) is 4.11. The third kappa shape index (κ3) is 2.67. The number of hydrogen-bond acceptors (Lipinski definition) is 3. The van der Waals surface area contributed by atoms with Crippen LogP contribution in [0.4, 0.5) is 0 Å². The van der Waals surface area contributed by atoms with E-state index in [1.807, 2.05) is 0 Å². The topological polar surface area (TPSA) is 35.5 Å². The van der Waals surface area contributed by atoms with Gasteiger partial charge in [0.1, 0.15) is 0 Å². The molecular weight excluding hydrogens is 212 g/mol. The molecule has 0 aromatic heterocycles. The highest BCUT2D eigenvalue weighted by molar-refractivity contribution is 4.97. The number of rotatable bonds is 4. The third-order valence-corrected chi connectivity index (χ3v) is 4.96. The second-order valence-corrected chi connectivity index (χ2v) is 6.53. The van der Waals surface area contributed by atoms with Crippen LogP contribution in [0.2, 0.25) is 0 Å². The van der Waals surface area contributed by atoms with Crippen LogP contribution < -0.4 is 5.32 Å². The Bertz CT molecular complexity index is 255. The van der Waals surface area contributed by atoms with Crippen molar-refractivity contribution < 1.29 is 5.11 Å². The molecule has 0 amide bonds. The van der Waals surface area contributed by atoms with Gasteiger partial charge in [-0.1, -0.05) is 13.8 Å². The lowest BCUT2D eigenvalue weighted by atomic mass is 9.85. The van der Waals surface area contributed by atoms with Crippen LogP contribution in [-0.4, -0.2) is 48.8 Å². The lowest BCUT2D eigenvalue weighted by molar-refractivity contribution is 0.130. The number of likely N-dealkylation sites (tertiary alicyclic amines) is 1. The minimum atomic E-state index is 0.334. The summed E-state index contributed by atoms with van der Waals surface area (Å²) in [5, 5.41) is 12.9. The van der Waals surface area contributed by atoms with Gasteiger partial charge in [0, 0.05) is 18.6 Å². The molecular formula is C14H28N2O. The van der Waals surface area contributed by atoms with E-state index in [9.17, 15) is 5.11 Å². The van der Waals surface area contributed by atoms with Crippen LogP contribution in [0.15, 0.2) is 0 Å². The van der Waals surface area contributed by atoms with Crippen LogP contribution in [0, 0.1) is 11.3 Å². The van der Waals surface area contributed by atoms with Gasteiger partial charge in [0.15, 0.2) is 0 Å². The summed E-state index contributed by atoms with van der Waals surface area (Å²) in [6, 6.07) is 1.05. The summed E-state index contributed by atoms with van der Waals surface area (Å²) in [4.78, 5) is 2.51. The minimum Gasteiger partial charge on any atom is -0.395 e. The Morgan fingerprint density at radius 3 is 2.76 bits per heavy atom. The molecule has 0 bridgehead atoms. The van der Waals surface area contributed by atoms with Gasteiger partial charge in [-0.05, 0) is 50.6 Å². The predicted octanol–water partition coefficient (Wildman–Crippen LogP) is 1.47. The summed E-state index contributed by atoms with van der Waals surface area (Å²) in [5.41, 5.74) is 0.424. The molecule has 1 aliphatic carbocycles. The van der Waals surface area contributed by atoms with Gasteiger partial charge in [0.2, 0.25) is 0 Å². The first-order valence-corrected chi connectivity index (χ1v) is 7.10. The molecule has 3 nitrogen and oxygen atoms in total. The molecule has 0 spiro atoms. The zero-order chi connectivity index (χ0) is 12.5. The monoisotopic (exact) mass is 240 g/mol. The second-order valence-electron chi connectivity index (χ2n) is 6.53. The summed E-state index contributed by atoms with van der Waals surface area (Å²) < 4.78 is 0. The Morgan fingerprint density at radius 1 is 1.35 bits per heavy atom. The summed E-state index contributed by atoms with van der Waals surface area (Å²) in [6.07, 6.45) is 5.08. The highest BCUT2D eigenvalue weighted by Crippen LogP contribution is 2.42. The van der Waals surface area contributed by atoms with Gasteiger partial charge in [0.05, 0.1) is 6.61 Å². The maximum Gasteiger partial charge on any atom is 0.0586 e. The highest BCUT2D eigenvalue weighted by Gasteiger charge is 2.42. The molecule has 1 aliphatic heterocycles. The molecule has 100 valence electrons. The fraction of sp³-hybridized carbons (Fsp3) is 1.00. The lowest BCUT2D eigenvalue weighted by Crippen LogP contribution is -2.45. The minimum absolute atomic E-state index is 0.334. The van der Waals surface area contributed by atoms with Crippen LogP contribution >= 0.6 is 0 Å². The Balaban J connectivity index is 1.95. The van der Waals surface area contributed by atoms with Crippen LogP contribution in [0.5, 0.6) is 0 Å². The molecule has 0 aromatic carbocycles. The molecule has 1 saturated carbocycles. The summed E-state index contributed by atoms with van der Waals surface area (Å²) in [5.74, 6) is 0.752. The molecule has 1 saturated heterocycles. The molecule has 0 radical (unpaired) electrons. The number of aliphatic hydroxyl groups excluding tert-OH is 1. The van der Waals surface area contributed by atoms with E-state index in [0.29, 0.717) is 24.1 Å². The molecule has 2 fully saturated rings. The van der Waals surface area contributed by atoms with Crippen molar-refractivity contribution in [3.63, 3.8) is 0 Å². The first kappa shape index (κ1) is 13.3. The Labute approximate surface area is 106 Å². The largest absolute Gasteiger partial charge is 0.395 e. The van der Waals surface area contributed by atoms with E-state index >= 15 is 0 Å². The van der Waals surface area contributed by atoms with Gasteiger partial charge in [0.25, 0.3) is 0 Å². The van der Waals surface area contributed by atoms with E-state index in [1.54, 1.807) is 0 Å². The normalized spacial score (nSPS) is 37.8. The third-order valence-electron chi connectivity index (χ3n) is 4.96. The standard InChI is InChI=1S/C14H28N2O/c1-14(2)7-6-11(13(14)15-3)9-16-8-4-5-12(16)10-17/h11-13,15,17H,4-10H2,1-3H3. The first-order valence-electron chi connectivity index (χ1n) is 7.10. The van der Waals surface area contributed by atoms with E-state index in [-0.39, 0.29) is 0 Å². The van der Waals surface area contributed by atoms with Crippen LogP contribution in [0.1, 0.15) is 39.5 Å². The van der Waals surface area contributed by atoms with Crippen molar-refractivity contribution in [1.29, 1.82) is 0 Å². The van der Waals surface area contributed by atoms with Crippen molar-refractivity contribution in [1.82, 2.24) is 10.2 Å². The summed E-state index contributed by atoms with van der Waals surface area (Å²) >= 11 is 0.